The van der Waals surface area contributed by atoms with Crippen LogP contribution in [0.15, 0.2) is 72.1 Å². The van der Waals surface area contributed by atoms with E-state index in [2.05, 4.69) is 69.4 Å². The predicted molar refractivity (Wildman–Crippen MR) is 125 cm³/mol. The summed E-state index contributed by atoms with van der Waals surface area (Å²) >= 11 is 1.73. The number of hydrogen-bond donors (Lipinski definition) is 2. The van der Waals surface area contributed by atoms with Crippen LogP contribution < -0.4 is 15.5 Å². The van der Waals surface area contributed by atoms with Crippen molar-refractivity contribution in [2.24, 2.45) is 0 Å². The molecule has 5 heteroatoms. The molecule has 4 nitrogen and oxygen atoms in total. The monoisotopic (exact) mass is 420 g/mol. The average Bonchev–Trinajstić information content (AvgIpc) is 3.17. The van der Waals surface area contributed by atoms with Crippen molar-refractivity contribution < 1.29 is 10.1 Å². The number of anilines is 2. The van der Waals surface area contributed by atoms with Crippen LogP contribution in [0.1, 0.15) is 42.2 Å². The maximum atomic E-state index is 12.6. The Labute approximate surface area is 182 Å². The fourth-order valence-electron chi connectivity index (χ4n) is 4.07. The number of rotatable bonds is 7. The lowest BCUT2D eigenvalue weighted by atomic mass is 10.1. The molecule has 2 heterocycles. The second-order valence-corrected chi connectivity index (χ2v) is 8.82. The number of hydrogen-bond acceptors (Lipinski definition) is 3. The van der Waals surface area contributed by atoms with E-state index in [0.29, 0.717) is 6.54 Å². The first kappa shape index (κ1) is 20.6. The molecule has 30 heavy (non-hydrogen) atoms. The molecule has 0 aliphatic carbocycles. The lowest BCUT2D eigenvalue weighted by Gasteiger charge is -2.22. The van der Waals surface area contributed by atoms with E-state index >= 15 is 0 Å². The summed E-state index contributed by atoms with van der Waals surface area (Å²) in [4.78, 5) is 16.3. The van der Waals surface area contributed by atoms with Gasteiger partial charge in [-0.2, -0.15) is 0 Å². The highest BCUT2D eigenvalue weighted by atomic mass is 32.1. The van der Waals surface area contributed by atoms with Crippen molar-refractivity contribution in [3.8, 4) is 0 Å². The zero-order valence-electron chi connectivity index (χ0n) is 17.3. The largest absolute Gasteiger partial charge is 0.372 e. The van der Waals surface area contributed by atoms with Crippen LogP contribution in [0, 0.1) is 0 Å². The third kappa shape index (κ3) is 5.49. The molecule has 2 aromatic carbocycles. The molecule has 1 amide bonds. The molecule has 1 aliphatic heterocycles. The molecule has 3 aromatic rings. The molecule has 0 bridgehead atoms. The quantitative estimate of drug-likeness (QED) is 0.594. The van der Waals surface area contributed by atoms with Gasteiger partial charge in [0.1, 0.15) is 6.04 Å². The first-order valence-electron chi connectivity index (χ1n) is 10.9. The molecule has 4 rings (SSSR count). The Bertz CT molecular complexity index is 901. The van der Waals surface area contributed by atoms with E-state index in [1.807, 2.05) is 18.2 Å². The van der Waals surface area contributed by atoms with Gasteiger partial charge in [0, 0.05) is 30.0 Å². The van der Waals surface area contributed by atoms with Gasteiger partial charge < -0.3 is 15.5 Å². The van der Waals surface area contributed by atoms with E-state index in [4.69, 9.17) is 0 Å². The molecule has 1 atom stereocenters. The molecule has 0 unspecified atom stereocenters. The van der Waals surface area contributed by atoms with Gasteiger partial charge in [-0.3, -0.25) is 4.79 Å². The van der Waals surface area contributed by atoms with Crippen molar-refractivity contribution in [2.45, 2.75) is 31.7 Å². The molecule has 1 aliphatic rings. The van der Waals surface area contributed by atoms with Gasteiger partial charge in [0.15, 0.2) is 6.54 Å². The normalized spacial score (nSPS) is 15.4. The van der Waals surface area contributed by atoms with Crippen molar-refractivity contribution in [3.63, 3.8) is 0 Å². The van der Waals surface area contributed by atoms with Gasteiger partial charge >= 0.3 is 0 Å². The van der Waals surface area contributed by atoms with Gasteiger partial charge in [-0.05, 0) is 48.6 Å². The lowest BCUT2D eigenvalue weighted by molar-refractivity contribution is -0.675. The zero-order valence-corrected chi connectivity index (χ0v) is 18.1. The fourth-order valence-corrected chi connectivity index (χ4v) is 4.92. The highest BCUT2D eigenvalue weighted by Gasteiger charge is 2.20. The first-order valence-corrected chi connectivity index (χ1v) is 11.7. The molecule has 0 saturated carbocycles. The molecule has 3 N–H and O–H groups in total. The molecule has 0 radical (unpaired) electrons. The molecular weight excluding hydrogens is 390 g/mol. The Hall–Kier alpha value is -2.63. The summed E-state index contributed by atoms with van der Waals surface area (Å²) in [5.41, 5.74) is 3.33. The molecular formula is C25H30N3OS+. The molecule has 1 aromatic heterocycles. The minimum Gasteiger partial charge on any atom is -0.372 e. The maximum absolute atomic E-state index is 12.6. The third-order valence-corrected chi connectivity index (χ3v) is 6.63. The van der Waals surface area contributed by atoms with Gasteiger partial charge in [-0.15, -0.1) is 11.3 Å². The Kier molecular flexibility index (Phi) is 7.16. The highest BCUT2D eigenvalue weighted by Crippen LogP contribution is 2.23. The van der Waals surface area contributed by atoms with Crippen LogP contribution in [0.4, 0.5) is 11.4 Å². The number of nitrogens with two attached hydrogens (primary N) is 1. The Morgan fingerprint density at radius 3 is 2.33 bits per heavy atom. The number of benzene rings is 2. The molecule has 156 valence electrons. The number of nitrogens with one attached hydrogen (secondary N) is 1. The summed E-state index contributed by atoms with van der Waals surface area (Å²) in [6, 6.07) is 23.0. The smallest absolute Gasteiger partial charge is 0.279 e. The first-order chi connectivity index (χ1) is 14.8. The Balaban J connectivity index is 1.34. The average molecular weight is 421 g/mol. The number of quaternary nitrogens is 1. The molecule has 1 saturated heterocycles. The van der Waals surface area contributed by atoms with E-state index in [1.165, 1.54) is 41.8 Å². The summed E-state index contributed by atoms with van der Waals surface area (Å²) in [5.74, 6) is 0.0232. The second-order valence-electron chi connectivity index (χ2n) is 7.84. The van der Waals surface area contributed by atoms with Crippen LogP contribution in [0.3, 0.4) is 0 Å². The minimum atomic E-state index is 0.0232. The predicted octanol–water partition coefficient (Wildman–Crippen LogP) is 4.42. The van der Waals surface area contributed by atoms with Gasteiger partial charge in [-0.25, -0.2) is 0 Å². The summed E-state index contributed by atoms with van der Waals surface area (Å²) in [6.07, 6.45) is 5.19. The number of carbonyl (C=O) groups is 1. The van der Waals surface area contributed by atoms with Crippen LogP contribution in [-0.4, -0.2) is 25.5 Å². The van der Waals surface area contributed by atoms with Crippen LogP contribution in [0.2, 0.25) is 0 Å². The Morgan fingerprint density at radius 1 is 0.933 bits per heavy atom. The summed E-state index contributed by atoms with van der Waals surface area (Å²) in [6.45, 7) is 2.64. The Morgan fingerprint density at radius 2 is 1.67 bits per heavy atom. The van der Waals surface area contributed by atoms with E-state index in [0.717, 1.165) is 18.8 Å². The van der Waals surface area contributed by atoms with Crippen molar-refractivity contribution in [1.82, 2.24) is 0 Å². The van der Waals surface area contributed by atoms with Crippen LogP contribution >= 0.6 is 11.3 Å². The van der Waals surface area contributed by atoms with Crippen molar-refractivity contribution in [1.29, 1.82) is 0 Å². The van der Waals surface area contributed by atoms with Gasteiger partial charge in [0.25, 0.3) is 5.91 Å². The summed E-state index contributed by atoms with van der Waals surface area (Å²) in [5, 5.41) is 7.25. The van der Waals surface area contributed by atoms with Crippen LogP contribution in [-0.2, 0) is 4.79 Å². The van der Waals surface area contributed by atoms with E-state index in [-0.39, 0.29) is 11.9 Å². The van der Waals surface area contributed by atoms with Gasteiger partial charge in [0.2, 0.25) is 0 Å². The standard InChI is InChI=1S/C25H29N3OS/c29-24(19-26-25(23-11-8-18-30-23)20-9-4-3-5-10-20)27-21-12-14-22(15-13-21)28-16-6-1-2-7-17-28/h3-5,8-15,18,25-26H,1-2,6-7,16-17,19H2,(H,27,29)/p+1/t25-/m0/s1. The zero-order chi connectivity index (χ0) is 20.6. The van der Waals surface area contributed by atoms with E-state index in [1.54, 1.807) is 11.3 Å². The third-order valence-electron chi connectivity index (χ3n) is 5.67. The molecule has 1 fully saturated rings. The minimum absolute atomic E-state index is 0.0232. The van der Waals surface area contributed by atoms with Gasteiger partial charge in [0.05, 0.1) is 4.88 Å². The SMILES string of the molecule is O=C(C[NH2+][C@@H](c1ccccc1)c1cccs1)Nc1ccc(N2CCCCCC2)cc1. The van der Waals surface area contributed by atoms with Crippen molar-refractivity contribution >= 4 is 28.6 Å². The fraction of sp³-hybridized carbons (Fsp3) is 0.320. The number of carbonyl (C=O) groups excluding carboxylic acids is 1. The van der Waals surface area contributed by atoms with E-state index in [9.17, 15) is 4.79 Å². The topological polar surface area (TPSA) is 49.0 Å². The maximum Gasteiger partial charge on any atom is 0.279 e. The summed E-state index contributed by atoms with van der Waals surface area (Å²) < 4.78 is 0. The van der Waals surface area contributed by atoms with Crippen molar-refractivity contribution in [3.05, 3.63) is 82.6 Å². The van der Waals surface area contributed by atoms with Crippen LogP contribution in [0.25, 0.3) is 0 Å². The number of amides is 1. The van der Waals surface area contributed by atoms with Crippen LogP contribution in [0.5, 0.6) is 0 Å². The molecule has 0 spiro atoms. The van der Waals surface area contributed by atoms with E-state index < -0.39 is 0 Å². The number of nitrogens with zero attached hydrogens (tertiary/aromatic N) is 1. The number of thiophene rings is 1. The second kappa shape index (κ2) is 10.4. The lowest BCUT2D eigenvalue weighted by Crippen LogP contribution is -2.87. The summed E-state index contributed by atoms with van der Waals surface area (Å²) in [7, 11) is 0. The van der Waals surface area contributed by atoms with Crippen molar-refractivity contribution in [2.75, 3.05) is 29.9 Å². The highest BCUT2D eigenvalue weighted by molar-refractivity contribution is 7.10. The van der Waals surface area contributed by atoms with Gasteiger partial charge in [-0.1, -0.05) is 49.2 Å².